The topological polar surface area (TPSA) is 29.1 Å². The Balaban J connectivity index is 3.88. The molecular formula is C9H14BrNO. The smallest absolute Gasteiger partial charge is 0.234 e. The molecule has 0 rings (SSSR count). The van der Waals surface area contributed by atoms with Crippen LogP contribution >= 0.6 is 15.9 Å². The van der Waals surface area contributed by atoms with Crippen LogP contribution in [0.25, 0.3) is 0 Å². The quantitative estimate of drug-likeness (QED) is 0.580. The van der Waals surface area contributed by atoms with Gasteiger partial charge in [-0.1, -0.05) is 35.2 Å². The minimum absolute atomic E-state index is 0.0496. The minimum Gasteiger partial charge on any atom is -0.342 e. The standard InChI is InChI=1S/C9H14BrNO/c1-4-6-8(5-2)11-9(12)7(3)10/h2,7-8H,4,6H2,1,3H3,(H,11,12). The predicted molar refractivity (Wildman–Crippen MR) is 54.1 cm³/mol. The fraction of sp³-hybridized carbons (Fsp3) is 0.667. The summed E-state index contributed by atoms with van der Waals surface area (Å²) in [5, 5.41) is 2.75. The van der Waals surface area contributed by atoms with Crippen LogP contribution in [0.4, 0.5) is 0 Å². The number of rotatable bonds is 4. The van der Waals surface area contributed by atoms with Gasteiger partial charge in [0.1, 0.15) is 0 Å². The van der Waals surface area contributed by atoms with E-state index in [1.807, 2.05) is 6.92 Å². The summed E-state index contributed by atoms with van der Waals surface area (Å²) in [4.78, 5) is 11.0. The van der Waals surface area contributed by atoms with E-state index in [2.05, 4.69) is 27.2 Å². The molecule has 68 valence electrons. The molecule has 0 aromatic heterocycles. The van der Waals surface area contributed by atoms with Crippen molar-refractivity contribution < 1.29 is 4.79 Å². The summed E-state index contributed by atoms with van der Waals surface area (Å²) in [6.45, 7) is 3.81. The first-order valence-electron chi connectivity index (χ1n) is 4.02. The highest BCUT2D eigenvalue weighted by molar-refractivity contribution is 9.10. The zero-order valence-electron chi connectivity index (χ0n) is 7.43. The van der Waals surface area contributed by atoms with E-state index in [9.17, 15) is 4.79 Å². The Hall–Kier alpha value is -0.490. The van der Waals surface area contributed by atoms with E-state index < -0.39 is 0 Å². The molecule has 0 saturated heterocycles. The predicted octanol–water partition coefficient (Wildman–Crippen LogP) is 1.69. The van der Waals surface area contributed by atoms with E-state index in [1.165, 1.54) is 0 Å². The van der Waals surface area contributed by atoms with Crippen LogP contribution in [0.2, 0.25) is 0 Å². The van der Waals surface area contributed by atoms with E-state index in [0.717, 1.165) is 12.8 Å². The van der Waals surface area contributed by atoms with Crippen LogP contribution in [0, 0.1) is 12.3 Å². The van der Waals surface area contributed by atoms with Gasteiger partial charge in [-0.05, 0) is 13.3 Å². The fourth-order valence-electron chi connectivity index (χ4n) is 0.772. The monoisotopic (exact) mass is 231 g/mol. The number of amides is 1. The third kappa shape index (κ3) is 4.40. The van der Waals surface area contributed by atoms with Gasteiger partial charge in [0.05, 0.1) is 10.9 Å². The SMILES string of the molecule is C#CC(CCC)NC(=O)C(C)Br. The summed E-state index contributed by atoms with van der Waals surface area (Å²) in [6.07, 6.45) is 7.04. The molecule has 0 bridgehead atoms. The van der Waals surface area contributed by atoms with Crippen molar-refractivity contribution in [2.75, 3.05) is 0 Å². The number of halogens is 1. The maximum Gasteiger partial charge on any atom is 0.234 e. The van der Waals surface area contributed by atoms with Crippen LogP contribution < -0.4 is 5.32 Å². The van der Waals surface area contributed by atoms with Crippen LogP contribution in [-0.4, -0.2) is 16.8 Å². The van der Waals surface area contributed by atoms with Crippen molar-refractivity contribution >= 4 is 21.8 Å². The van der Waals surface area contributed by atoms with E-state index in [0.29, 0.717) is 0 Å². The Labute approximate surface area is 82.2 Å². The summed E-state index contributed by atoms with van der Waals surface area (Å²) >= 11 is 3.17. The molecule has 1 amide bonds. The fourth-order valence-corrected chi connectivity index (χ4v) is 0.905. The summed E-state index contributed by atoms with van der Waals surface area (Å²) in [5.41, 5.74) is 0. The van der Waals surface area contributed by atoms with E-state index in [4.69, 9.17) is 6.42 Å². The molecule has 0 fully saturated rings. The third-order valence-corrected chi connectivity index (χ3v) is 1.87. The molecule has 1 N–H and O–H groups in total. The van der Waals surface area contributed by atoms with Crippen molar-refractivity contribution in [2.24, 2.45) is 0 Å². The Kier molecular flexibility index (Phi) is 5.83. The van der Waals surface area contributed by atoms with E-state index in [1.54, 1.807) is 6.92 Å². The van der Waals surface area contributed by atoms with Gasteiger partial charge >= 0.3 is 0 Å². The first-order valence-corrected chi connectivity index (χ1v) is 4.94. The lowest BCUT2D eigenvalue weighted by Crippen LogP contribution is -2.37. The highest BCUT2D eigenvalue weighted by atomic mass is 79.9. The lowest BCUT2D eigenvalue weighted by Gasteiger charge is -2.12. The molecule has 12 heavy (non-hydrogen) atoms. The summed E-state index contributed by atoms with van der Waals surface area (Å²) < 4.78 is 0. The van der Waals surface area contributed by atoms with E-state index >= 15 is 0 Å². The zero-order valence-corrected chi connectivity index (χ0v) is 9.02. The Morgan fingerprint density at radius 3 is 2.67 bits per heavy atom. The van der Waals surface area contributed by atoms with Gasteiger partial charge < -0.3 is 5.32 Å². The molecule has 0 radical (unpaired) electrons. The third-order valence-electron chi connectivity index (χ3n) is 1.46. The summed E-state index contributed by atoms with van der Waals surface area (Å²) in [6, 6.07) is -0.123. The van der Waals surface area contributed by atoms with Crippen LogP contribution in [-0.2, 0) is 4.79 Å². The van der Waals surface area contributed by atoms with Crippen LogP contribution in [0.15, 0.2) is 0 Å². The number of alkyl halides is 1. The zero-order chi connectivity index (χ0) is 9.56. The largest absolute Gasteiger partial charge is 0.342 e. The molecule has 2 atom stereocenters. The van der Waals surface area contributed by atoms with Crippen molar-refractivity contribution in [3.05, 3.63) is 0 Å². The highest BCUT2D eigenvalue weighted by Crippen LogP contribution is 2.00. The average Bonchev–Trinajstić information content (AvgIpc) is 2.03. The molecule has 0 aliphatic carbocycles. The van der Waals surface area contributed by atoms with Gasteiger partial charge in [0.15, 0.2) is 0 Å². The van der Waals surface area contributed by atoms with Gasteiger partial charge in [0.2, 0.25) is 5.91 Å². The second-order valence-electron chi connectivity index (χ2n) is 2.63. The number of hydrogen-bond acceptors (Lipinski definition) is 1. The highest BCUT2D eigenvalue weighted by Gasteiger charge is 2.12. The van der Waals surface area contributed by atoms with Gasteiger partial charge in [-0.25, -0.2) is 0 Å². The Bertz CT molecular complexity index is 183. The van der Waals surface area contributed by atoms with Gasteiger partial charge in [-0.15, -0.1) is 6.42 Å². The van der Waals surface area contributed by atoms with Crippen LogP contribution in [0.1, 0.15) is 26.7 Å². The lowest BCUT2D eigenvalue weighted by atomic mass is 10.2. The molecule has 0 aliphatic rings. The van der Waals surface area contributed by atoms with Gasteiger partial charge in [-0.3, -0.25) is 4.79 Å². The number of terminal acetylenes is 1. The van der Waals surface area contributed by atoms with E-state index in [-0.39, 0.29) is 16.8 Å². The van der Waals surface area contributed by atoms with Crippen molar-refractivity contribution in [3.8, 4) is 12.3 Å². The molecule has 2 unspecified atom stereocenters. The first-order chi connectivity index (χ1) is 5.61. The molecule has 0 saturated carbocycles. The van der Waals surface area contributed by atoms with Gasteiger partial charge in [0.25, 0.3) is 0 Å². The van der Waals surface area contributed by atoms with Crippen molar-refractivity contribution in [1.82, 2.24) is 5.32 Å². The second kappa shape index (κ2) is 6.07. The first kappa shape index (κ1) is 11.5. The second-order valence-corrected chi connectivity index (χ2v) is 4.01. The molecule has 0 heterocycles. The molecular weight excluding hydrogens is 218 g/mol. The molecule has 3 heteroatoms. The molecule has 0 aromatic rings. The van der Waals surface area contributed by atoms with Crippen LogP contribution in [0.5, 0.6) is 0 Å². The maximum atomic E-state index is 11.1. The lowest BCUT2D eigenvalue weighted by molar-refractivity contribution is -0.120. The molecule has 2 nitrogen and oxygen atoms in total. The summed E-state index contributed by atoms with van der Waals surface area (Å²) in [5.74, 6) is 2.49. The summed E-state index contributed by atoms with van der Waals surface area (Å²) in [7, 11) is 0. The maximum absolute atomic E-state index is 11.1. The number of carbonyl (C=O) groups is 1. The number of nitrogens with one attached hydrogen (secondary N) is 1. The number of carbonyl (C=O) groups excluding carboxylic acids is 1. The minimum atomic E-state index is -0.176. The van der Waals surface area contributed by atoms with Gasteiger partial charge in [0, 0.05) is 0 Å². The molecule has 0 aromatic carbocycles. The van der Waals surface area contributed by atoms with Crippen molar-refractivity contribution in [2.45, 2.75) is 37.6 Å². The Morgan fingerprint density at radius 1 is 1.75 bits per heavy atom. The van der Waals surface area contributed by atoms with Crippen LogP contribution in [0.3, 0.4) is 0 Å². The molecule has 0 aliphatic heterocycles. The average molecular weight is 232 g/mol. The number of hydrogen-bond donors (Lipinski definition) is 1. The van der Waals surface area contributed by atoms with Crippen molar-refractivity contribution in [3.63, 3.8) is 0 Å². The normalized spacial score (nSPS) is 14.5. The van der Waals surface area contributed by atoms with Gasteiger partial charge in [-0.2, -0.15) is 0 Å². The molecule has 0 spiro atoms. The van der Waals surface area contributed by atoms with Crippen molar-refractivity contribution in [1.29, 1.82) is 0 Å². The Morgan fingerprint density at radius 2 is 2.33 bits per heavy atom.